The van der Waals surface area contributed by atoms with Crippen LogP contribution in [-0.2, 0) is 17.5 Å². The second-order valence-electron chi connectivity index (χ2n) is 4.29. The smallest absolute Gasteiger partial charge is 0.0973 e. The van der Waals surface area contributed by atoms with Gasteiger partial charge in [0, 0.05) is 11.6 Å². The van der Waals surface area contributed by atoms with Crippen LogP contribution in [0.3, 0.4) is 0 Å². The number of halogens is 1. The van der Waals surface area contributed by atoms with Crippen LogP contribution in [0, 0.1) is 0 Å². The van der Waals surface area contributed by atoms with Crippen LogP contribution in [0.5, 0.6) is 0 Å². The van der Waals surface area contributed by atoms with E-state index in [9.17, 15) is 4.21 Å². The maximum absolute atomic E-state index is 11.7. The van der Waals surface area contributed by atoms with E-state index in [-0.39, 0.29) is 4.75 Å². The molecule has 0 heterocycles. The van der Waals surface area contributed by atoms with Crippen LogP contribution in [0.15, 0.2) is 24.3 Å². The summed E-state index contributed by atoms with van der Waals surface area (Å²) in [6.45, 7) is 6.33. The average Bonchev–Trinajstić information content (AvgIpc) is 2.14. The predicted molar refractivity (Wildman–Crippen MR) is 66.2 cm³/mol. The zero-order valence-corrected chi connectivity index (χ0v) is 10.8. The zero-order chi connectivity index (χ0) is 11.5. The average molecular weight is 246 g/mol. The van der Waals surface area contributed by atoms with Crippen molar-refractivity contribution >= 4 is 22.6 Å². The molecule has 0 aliphatic heterocycles. The van der Waals surface area contributed by atoms with Gasteiger partial charge in [-0.1, -0.05) is 29.8 Å². The largest absolute Gasteiger partial charge is 0.242 e. The van der Waals surface area contributed by atoms with E-state index in [4.69, 9.17) is 11.6 Å². The molecule has 0 amide bonds. The Morgan fingerprint density at radius 3 is 2.47 bits per heavy atom. The summed E-state index contributed by atoms with van der Waals surface area (Å²) in [5.74, 6) is 0. The summed E-state index contributed by atoms with van der Waals surface area (Å²) in [7, 11) is -1.05. The Labute approximate surface area is 98.6 Å². The van der Waals surface area contributed by atoms with E-state index >= 15 is 0 Å². The van der Waals surface area contributed by atoms with Crippen LogP contribution in [0.4, 0.5) is 0 Å². The first-order valence-corrected chi connectivity index (χ1v) is 6.33. The van der Waals surface area contributed by atoms with E-state index in [1.807, 2.05) is 45.0 Å². The van der Waals surface area contributed by atoms with Gasteiger partial charge in [0.15, 0.2) is 0 Å². The van der Waals surface area contributed by atoms with Gasteiger partial charge in [-0.2, -0.15) is 0 Å². The highest BCUT2D eigenvalue weighted by Gasteiger charge is 2.18. The molecule has 0 fully saturated rings. The van der Waals surface area contributed by atoms with Crippen molar-refractivity contribution in [3.63, 3.8) is 0 Å². The number of benzene rings is 1. The van der Waals surface area contributed by atoms with Crippen molar-refractivity contribution in [3.05, 3.63) is 34.9 Å². The van der Waals surface area contributed by atoms with Crippen LogP contribution in [-0.4, -0.2) is 8.96 Å². The first-order valence-electron chi connectivity index (χ1n) is 4.80. The van der Waals surface area contributed by atoms with Crippen molar-refractivity contribution in [2.45, 2.75) is 32.1 Å². The first kappa shape index (κ1) is 12.7. The quantitative estimate of drug-likeness (QED) is 0.872. The standard InChI is InChI=1S/C11H16ClNOS/c1-11(2,3)15(14)13-8-9-6-4-5-7-10(9)12/h4-7,13H,8H2,1-3H3. The molecule has 4 heteroatoms. The molecule has 15 heavy (non-hydrogen) atoms. The third kappa shape index (κ3) is 3.93. The van der Waals surface area contributed by atoms with Crippen LogP contribution in [0.1, 0.15) is 26.3 Å². The molecule has 1 aromatic rings. The Hall–Kier alpha value is -0.380. The maximum atomic E-state index is 11.7. The number of hydrogen-bond donors (Lipinski definition) is 1. The SMILES string of the molecule is CC(C)(C)S(=O)NCc1ccccc1Cl. The Balaban J connectivity index is 2.59. The normalized spacial score (nSPS) is 13.9. The van der Waals surface area contributed by atoms with Gasteiger partial charge in [0.1, 0.15) is 0 Å². The molecular formula is C11H16ClNOS. The fourth-order valence-corrected chi connectivity index (χ4v) is 1.92. The lowest BCUT2D eigenvalue weighted by molar-refractivity contribution is 0.635. The molecule has 0 bridgehead atoms. The van der Waals surface area contributed by atoms with Crippen LogP contribution < -0.4 is 4.72 Å². The number of hydrogen-bond acceptors (Lipinski definition) is 1. The Morgan fingerprint density at radius 1 is 1.33 bits per heavy atom. The Bertz CT molecular complexity index is 360. The fourth-order valence-electron chi connectivity index (χ4n) is 1.00. The molecule has 1 atom stereocenters. The first-order chi connectivity index (χ1) is 6.91. The lowest BCUT2D eigenvalue weighted by Gasteiger charge is -2.18. The molecule has 84 valence electrons. The fraction of sp³-hybridized carbons (Fsp3) is 0.455. The van der Waals surface area contributed by atoms with Gasteiger partial charge >= 0.3 is 0 Å². The summed E-state index contributed by atoms with van der Waals surface area (Å²) >= 11 is 5.98. The van der Waals surface area contributed by atoms with Crippen LogP contribution in [0.25, 0.3) is 0 Å². The van der Waals surface area contributed by atoms with Crippen molar-refractivity contribution in [2.75, 3.05) is 0 Å². The lowest BCUT2D eigenvalue weighted by atomic mass is 10.2. The molecule has 0 saturated carbocycles. The van der Waals surface area contributed by atoms with Crippen LogP contribution >= 0.6 is 11.6 Å². The topological polar surface area (TPSA) is 29.1 Å². The number of nitrogens with one attached hydrogen (secondary N) is 1. The third-order valence-corrected chi connectivity index (χ3v) is 3.80. The molecule has 2 nitrogen and oxygen atoms in total. The molecule has 0 aliphatic carbocycles. The molecule has 0 radical (unpaired) electrons. The van der Waals surface area contributed by atoms with Crippen molar-refractivity contribution in [3.8, 4) is 0 Å². The molecule has 1 aromatic carbocycles. The Morgan fingerprint density at radius 2 is 1.93 bits per heavy atom. The molecule has 1 unspecified atom stereocenters. The summed E-state index contributed by atoms with van der Waals surface area (Å²) in [5, 5.41) is 0.705. The van der Waals surface area contributed by atoms with Crippen molar-refractivity contribution in [2.24, 2.45) is 0 Å². The summed E-state index contributed by atoms with van der Waals surface area (Å²) < 4.78 is 14.4. The van der Waals surface area contributed by atoms with Gasteiger partial charge in [0.2, 0.25) is 0 Å². The molecule has 0 aromatic heterocycles. The van der Waals surface area contributed by atoms with Gasteiger partial charge in [0.05, 0.1) is 15.7 Å². The molecule has 1 rings (SSSR count). The third-order valence-electron chi connectivity index (χ3n) is 1.91. The second kappa shape index (κ2) is 5.10. The summed E-state index contributed by atoms with van der Waals surface area (Å²) in [4.78, 5) is 0. The van der Waals surface area contributed by atoms with Gasteiger partial charge in [-0.15, -0.1) is 0 Å². The molecule has 0 spiro atoms. The second-order valence-corrected chi connectivity index (χ2v) is 6.75. The number of rotatable bonds is 3. The predicted octanol–water partition coefficient (Wildman–Crippen LogP) is 2.89. The molecule has 0 saturated heterocycles. The van der Waals surface area contributed by atoms with Gasteiger partial charge in [0.25, 0.3) is 0 Å². The van der Waals surface area contributed by atoms with E-state index in [0.29, 0.717) is 11.6 Å². The highest BCUT2D eigenvalue weighted by Crippen LogP contribution is 2.15. The van der Waals surface area contributed by atoms with Crippen molar-refractivity contribution in [1.29, 1.82) is 0 Å². The molecule has 1 N–H and O–H groups in total. The highest BCUT2D eigenvalue weighted by atomic mass is 35.5. The summed E-state index contributed by atoms with van der Waals surface area (Å²) in [6.07, 6.45) is 0. The molecule has 0 aliphatic rings. The van der Waals surface area contributed by atoms with Gasteiger partial charge in [-0.3, -0.25) is 0 Å². The van der Waals surface area contributed by atoms with Crippen LogP contribution in [0.2, 0.25) is 5.02 Å². The van der Waals surface area contributed by atoms with Crippen molar-refractivity contribution in [1.82, 2.24) is 4.72 Å². The van der Waals surface area contributed by atoms with Gasteiger partial charge in [-0.25, -0.2) is 8.93 Å². The van der Waals surface area contributed by atoms with E-state index < -0.39 is 11.0 Å². The summed E-state index contributed by atoms with van der Waals surface area (Å²) in [5.41, 5.74) is 0.969. The lowest BCUT2D eigenvalue weighted by Crippen LogP contribution is -2.32. The van der Waals surface area contributed by atoms with E-state index in [1.54, 1.807) is 0 Å². The highest BCUT2D eigenvalue weighted by molar-refractivity contribution is 7.84. The maximum Gasteiger partial charge on any atom is 0.0973 e. The minimum absolute atomic E-state index is 0.249. The van der Waals surface area contributed by atoms with E-state index in [0.717, 1.165) is 5.56 Å². The Kier molecular flexibility index (Phi) is 4.32. The minimum Gasteiger partial charge on any atom is -0.242 e. The van der Waals surface area contributed by atoms with Crippen molar-refractivity contribution < 1.29 is 4.21 Å². The van der Waals surface area contributed by atoms with E-state index in [2.05, 4.69) is 4.72 Å². The zero-order valence-electron chi connectivity index (χ0n) is 9.21. The monoisotopic (exact) mass is 245 g/mol. The summed E-state index contributed by atoms with van der Waals surface area (Å²) in [6, 6.07) is 7.56. The molecular weight excluding hydrogens is 230 g/mol. The minimum atomic E-state index is -1.05. The van der Waals surface area contributed by atoms with Gasteiger partial charge in [-0.05, 0) is 32.4 Å². The van der Waals surface area contributed by atoms with Gasteiger partial charge < -0.3 is 0 Å². The van der Waals surface area contributed by atoms with E-state index in [1.165, 1.54) is 0 Å².